The summed E-state index contributed by atoms with van der Waals surface area (Å²) < 4.78 is 14.2. The summed E-state index contributed by atoms with van der Waals surface area (Å²) in [4.78, 5) is 30.8. The Bertz CT molecular complexity index is 1140. The lowest BCUT2D eigenvalue weighted by Gasteiger charge is -2.37. The van der Waals surface area contributed by atoms with Crippen LogP contribution in [0.5, 0.6) is 0 Å². The number of rotatable bonds is 6. The van der Waals surface area contributed by atoms with Gasteiger partial charge >= 0.3 is 0 Å². The van der Waals surface area contributed by atoms with Gasteiger partial charge in [-0.1, -0.05) is 41.9 Å². The first-order chi connectivity index (χ1) is 15.5. The molecule has 1 unspecified atom stereocenters. The first-order valence-electron chi connectivity index (χ1n) is 10.3. The molecule has 2 aromatic carbocycles. The minimum absolute atomic E-state index is 0.0600. The van der Waals surface area contributed by atoms with E-state index in [-0.39, 0.29) is 30.6 Å². The molecule has 1 aliphatic heterocycles. The summed E-state index contributed by atoms with van der Waals surface area (Å²) in [5.41, 5.74) is 1.99. The normalized spacial score (nSPS) is 15.2. The summed E-state index contributed by atoms with van der Waals surface area (Å²) in [5.74, 6) is -1.35. The van der Waals surface area contributed by atoms with Gasteiger partial charge in [0, 0.05) is 23.0 Å². The van der Waals surface area contributed by atoms with E-state index in [2.05, 4.69) is 6.58 Å². The number of hydrogen-bond acceptors (Lipinski definition) is 3. The largest absolute Gasteiger partial charge is 0.330 e. The highest BCUT2D eigenvalue weighted by molar-refractivity contribution is 7.10. The SMILES string of the molecule is C=CCN(CC(=O)N1CCc2sccc2C1c1ccc(Cl)cc1)C(=O)c1ccccc1F. The number of carbonyl (C=O) groups excluding carboxylic acids is 2. The summed E-state index contributed by atoms with van der Waals surface area (Å²) in [6.45, 7) is 4.20. The molecule has 164 valence electrons. The molecule has 0 aliphatic carbocycles. The topological polar surface area (TPSA) is 40.6 Å². The fourth-order valence-electron chi connectivity index (χ4n) is 4.02. The Hall–Kier alpha value is -2.96. The van der Waals surface area contributed by atoms with Crippen LogP contribution in [-0.2, 0) is 11.2 Å². The zero-order valence-electron chi connectivity index (χ0n) is 17.3. The third kappa shape index (κ3) is 4.47. The molecule has 1 atom stereocenters. The average molecular weight is 469 g/mol. The molecule has 0 N–H and O–H groups in total. The molecule has 3 aromatic rings. The Morgan fingerprint density at radius 3 is 2.66 bits per heavy atom. The lowest BCUT2D eigenvalue weighted by Crippen LogP contribution is -2.47. The summed E-state index contributed by atoms with van der Waals surface area (Å²) in [6.07, 6.45) is 2.29. The molecular weight excluding hydrogens is 447 g/mol. The van der Waals surface area contributed by atoms with Gasteiger partial charge in [0.2, 0.25) is 5.91 Å². The van der Waals surface area contributed by atoms with Crippen molar-refractivity contribution in [1.29, 1.82) is 0 Å². The van der Waals surface area contributed by atoms with Crippen LogP contribution >= 0.6 is 22.9 Å². The highest BCUT2D eigenvalue weighted by Crippen LogP contribution is 2.38. The zero-order valence-corrected chi connectivity index (χ0v) is 18.9. The Labute approximate surface area is 195 Å². The summed E-state index contributed by atoms with van der Waals surface area (Å²) in [6, 6.07) is 15.0. The molecule has 0 bridgehead atoms. The number of thiophene rings is 1. The third-order valence-electron chi connectivity index (χ3n) is 5.54. The van der Waals surface area contributed by atoms with Crippen molar-refractivity contribution in [2.75, 3.05) is 19.6 Å². The van der Waals surface area contributed by atoms with Crippen molar-refractivity contribution in [1.82, 2.24) is 9.80 Å². The highest BCUT2D eigenvalue weighted by Gasteiger charge is 2.34. The maximum Gasteiger partial charge on any atom is 0.257 e. The number of benzene rings is 2. The van der Waals surface area contributed by atoms with Gasteiger partial charge in [-0.05, 0) is 53.3 Å². The van der Waals surface area contributed by atoms with Gasteiger partial charge in [-0.2, -0.15) is 0 Å². The zero-order chi connectivity index (χ0) is 22.7. The van der Waals surface area contributed by atoms with Crippen molar-refractivity contribution in [2.24, 2.45) is 0 Å². The van der Waals surface area contributed by atoms with E-state index in [1.54, 1.807) is 22.3 Å². The minimum atomic E-state index is -0.612. The quantitative estimate of drug-likeness (QED) is 0.458. The highest BCUT2D eigenvalue weighted by atomic mass is 35.5. The number of carbonyl (C=O) groups is 2. The molecule has 4 nitrogen and oxygen atoms in total. The van der Waals surface area contributed by atoms with Crippen molar-refractivity contribution in [3.05, 3.63) is 105 Å². The molecule has 2 amide bonds. The van der Waals surface area contributed by atoms with Crippen LogP contribution in [-0.4, -0.2) is 41.2 Å². The fourth-order valence-corrected chi connectivity index (χ4v) is 5.05. The molecule has 0 radical (unpaired) electrons. The third-order valence-corrected chi connectivity index (χ3v) is 6.79. The fraction of sp³-hybridized carbons (Fsp3) is 0.200. The molecule has 1 aromatic heterocycles. The van der Waals surface area contributed by atoms with Crippen molar-refractivity contribution >= 4 is 34.8 Å². The molecular formula is C25H22ClFN2O2S. The van der Waals surface area contributed by atoms with Crippen LogP contribution in [0.2, 0.25) is 5.02 Å². The molecule has 0 saturated carbocycles. The molecule has 7 heteroatoms. The molecule has 0 fully saturated rings. The molecule has 32 heavy (non-hydrogen) atoms. The van der Waals surface area contributed by atoms with E-state index in [9.17, 15) is 14.0 Å². The number of halogens is 2. The Kier molecular flexibility index (Phi) is 6.72. The molecule has 4 rings (SSSR count). The first kappa shape index (κ1) is 22.2. The number of amides is 2. The van der Waals surface area contributed by atoms with Crippen LogP contribution in [0.4, 0.5) is 4.39 Å². The molecule has 2 heterocycles. The second-order valence-corrected chi connectivity index (χ2v) is 8.98. The standard InChI is InChI=1S/C25H22ClFN2O2S/c1-2-13-28(25(31)19-5-3-4-6-21(19)27)16-23(30)29-14-11-22-20(12-15-32-22)24(29)17-7-9-18(26)10-8-17/h2-10,12,15,24H,1,11,13-14,16H2. The van der Waals surface area contributed by atoms with Crippen molar-refractivity contribution < 1.29 is 14.0 Å². The minimum Gasteiger partial charge on any atom is -0.330 e. The van der Waals surface area contributed by atoms with E-state index in [0.717, 1.165) is 17.5 Å². The lowest BCUT2D eigenvalue weighted by molar-refractivity contribution is -0.133. The van der Waals surface area contributed by atoms with Crippen LogP contribution in [0.1, 0.15) is 32.4 Å². The van der Waals surface area contributed by atoms with Crippen LogP contribution < -0.4 is 0 Å². The van der Waals surface area contributed by atoms with E-state index in [1.807, 2.05) is 35.7 Å². The van der Waals surface area contributed by atoms with Gasteiger partial charge in [0.05, 0.1) is 11.6 Å². The van der Waals surface area contributed by atoms with Crippen LogP contribution in [0.15, 0.2) is 72.6 Å². The van der Waals surface area contributed by atoms with Gasteiger partial charge in [0.1, 0.15) is 12.4 Å². The van der Waals surface area contributed by atoms with E-state index >= 15 is 0 Å². The smallest absolute Gasteiger partial charge is 0.257 e. The maximum absolute atomic E-state index is 14.2. The predicted molar refractivity (Wildman–Crippen MR) is 126 cm³/mol. The first-order valence-corrected chi connectivity index (χ1v) is 11.5. The predicted octanol–water partition coefficient (Wildman–Crippen LogP) is 5.34. The summed E-state index contributed by atoms with van der Waals surface area (Å²) in [7, 11) is 0. The van der Waals surface area contributed by atoms with Crippen LogP contribution in [0.3, 0.4) is 0 Å². The number of nitrogens with zero attached hydrogens (tertiary/aromatic N) is 2. The Balaban J connectivity index is 1.62. The second-order valence-electron chi connectivity index (χ2n) is 7.54. The molecule has 0 spiro atoms. The lowest BCUT2D eigenvalue weighted by atomic mass is 9.93. The maximum atomic E-state index is 14.2. The number of hydrogen-bond donors (Lipinski definition) is 0. The second kappa shape index (κ2) is 9.67. The van der Waals surface area contributed by atoms with Crippen LogP contribution in [0.25, 0.3) is 0 Å². The van der Waals surface area contributed by atoms with Crippen LogP contribution in [0, 0.1) is 5.82 Å². The van der Waals surface area contributed by atoms with Crippen molar-refractivity contribution in [3.8, 4) is 0 Å². The Morgan fingerprint density at radius 2 is 1.94 bits per heavy atom. The monoisotopic (exact) mass is 468 g/mol. The van der Waals surface area contributed by atoms with Crippen molar-refractivity contribution in [2.45, 2.75) is 12.5 Å². The van der Waals surface area contributed by atoms with Gasteiger partial charge < -0.3 is 9.80 Å². The number of fused-ring (bicyclic) bond motifs is 1. The summed E-state index contributed by atoms with van der Waals surface area (Å²) in [5, 5.41) is 2.66. The van der Waals surface area contributed by atoms with Gasteiger partial charge in [-0.25, -0.2) is 4.39 Å². The molecule has 0 saturated heterocycles. The Morgan fingerprint density at radius 1 is 1.19 bits per heavy atom. The molecule has 1 aliphatic rings. The average Bonchev–Trinajstić information content (AvgIpc) is 3.27. The van der Waals surface area contributed by atoms with Crippen molar-refractivity contribution in [3.63, 3.8) is 0 Å². The van der Waals surface area contributed by atoms with E-state index < -0.39 is 11.7 Å². The van der Waals surface area contributed by atoms with Gasteiger partial charge in [-0.3, -0.25) is 9.59 Å². The van der Waals surface area contributed by atoms with E-state index in [1.165, 1.54) is 34.1 Å². The van der Waals surface area contributed by atoms with Gasteiger partial charge in [0.15, 0.2) is 0 Å². The van der Waals surface area contributed by atoms with Gasteiger partial charge in [0.25, 0.3) is 5.91 Å². The van der Waals surface area contributed by atoms with Gasteiger partial charge in [-0.15, -0.1) is 17.9 Å². The van der Waals surface area contributed by atoms with E-state index in [4.69, 9.17) is 11.6 Å². The summed E-state index contributed by atoms with van der Waals surface area (Å²) >= 11 is 7.76. The van der Waals surface area contributed by atoms with E-state index in [0.29, 0.717) is 11.6 Å².